The third-order valence-electron chi connectivity index (χ3n) is 3.88. The van der Waals surface area contributed by atoms with Crippen LogP contribution < -0.4 is 9.62 Å². The number of benzene rings is 2. The van der Waals surface area contributed by atoms with E-state index >= 15 is 0 Å². The molecule has 2 aromatic rings. The van der Waals surface area contributed by atoms with Gasteiger partial charge < -0.3 is 5.32 Å². The van der Waals surface area contributed by atoms with Crippen molar-refractivity contribution in [2.24, 2.45) is 0 Å². The Bertz CT molecular complexity index is 844. The van der Waals surface area contributed by atoms with Gasteiger partial charge in [0.15, 0.2) is 0 Å². The van der Waals surface area contributed by atoms with Crippen molar-refractivity contribution in [3.63, 3.8) is 0 Å². The van der Waals surface area contributed by atoms with Crippen LogP contribution in [0.15, 0.2) is 53.4 Å². The third-order valence-corrected chi connectivity index (χ3v) is 5.93. The summed E-state index contributed by atoms with van der Waals surface area (Å²) >= 11 is 5.80. The number of anilines is 1. The van der Waals surface area contributed by atoms with E-state index in [4.69, 9.17) is 11.6 Å². The van der Waals surface area contributed by atoms with Gasteiger partial charge in [0.05, 0.1) is 10.6 Å². The van der Waals surface area contributed by atoms with Crippen LogP contribution in [0.3, 0.4) is 0 Å². The maximum Gasteiger partial charge on any atom is 0.264 e. The van der Waals surface area contributed by atoms with Crippen LogP contribution in [0.2, 0.25) is 5.02 Å². The van der Waals surface area contributed by atoms with Crippen molar-refractivity contribution < 1.29 is 13.2 Å². The number of carbonyl (C=O) groups excluding carboxylic acids is 1. The summed E-state index contributed by atoms with van der Waals surface area (Å²) < 4.78 is 26.4. The van der Waals surface area contributed by atoms with Crippen molar-refractivity contribution in [3.8, 4) is 0 Å². The molecule has 0 bridgehead atoms. The zero-order valence-corrected chi connectivity index (χ0v) is 14.6. The second kappa shape index (κ2) is 6.45. The molecule has 0 atom stereocenters. The molecule has 2 aromatic carbocycles. The highest BCUT2D eigenvalue weighted by atomic mass is 35.5. The molecule has 1 N–H and O–H groups in total. The molecule has 0 aromatic heterocycles. The van der Waals surface area contributed by atoms with E-state index in [-0.39, 0.29) is 16.8 Å². The minimum atomic E-state index is -3.68. The van der Waals surface area contributed by atoms with E-state index in [1.54, 1.807) is 24.3 Å². The number of carbonyl (C=O) groups is 1. The Labute approximate surface area is 146 Å². The van der Waals surface area contributed by atoms with Crippen LogP contribution in [-0.2, 0) is 10.0 Å². The Morgan fingerprint density at radius 1 is 1.08 bits per heavy atom. The van der Waals surface area contributed by atoms with Crippen molar-refractivity contribution in [1.82, 2.24) is 5.32 Å². The molecule has 1 aliphatic carbocycles. The smallest absolute Gasteiger partial charge is 0.264 e. The highest BCUT2D eigenvalue weighted by molar-refractivity contribution is 7.92. The number of nitrogens with zero attached hydrogens (tertiary/aromatic N) is 1. The first kappa shape index (κ1) is 16.8. The zero-order valence-electron chi connectivity index (χ0n) is 13.1. The number of rotatable bonds is 5. The summed E-state index contributed by atoms with van der Waals surface area (Å²) in [5.74, 6) is -0.132. The Morgan fingerprint density at radius 3 is 2.21 bits per heavy atom. The number of nitrogens with one attached hydrogen (secondary N) is 1. The quantitative estimate of drug-likeness (QED) is 0.886. The maximum atomic E-state index is 12.6. The fourth-order valence-electron chi connectivity index (χ4n) is 2.22. The summed E-state index contributed by atoms with van der Waals surface area (Å²) in [5.41, 5.74) is 0.996. The lowest BCUT2D eigenvalue weighted by Crippen LogP contribution is -2.27. The highest BCUT2D eigenvalue weighted by Gasteiger charge is 2.24. The van der Waals surface area contributed by atoms with Crippen LogP contribution in [0.5, 0.6) is 0 Å². The van der Waals surface area contributed by atoms with E-state index in [1.165, 1.54) is 35.6 Å². The van der Waals surface area contributed by atoms with Gasteiger partial charge in [-0.3, -0.25) is 9.10 Å². The van der Waals surface area contributed by atoms with Crippen molar-refractivity contribution in [2.75, 3.05) is 11.4 Å². The van der Waals surface area contributed by atoms with Gasteiger partial charge in [-0.05, 0) is 61.4 Å². The van der Waals surface area contributed by atoms with Gasteiger partial charge in [-0.1, -0.05) is 11.6 Å². The summed E-state index contributed by atoms with van der Waals surface area (Å²) in [4.78, 5) is 12.1. The normalized spacial score (nSPS) is 14.2. The number of amides is 1. The Kier molecular flexibility index (Phi) is 4.51. The summed E-state index contributed by atoms with van der Waals surface area (Å²) in [6.07, 6.45) is 2.04. The molecule has 1 amide bonds. The predicted octanol–water partition coefficient (Wildman–Crippen LogP) is 3.06. The van der Waals surface area contributed by atoms with Gasteiger partial charge in [0.1, 0.15) is 0 Å². The standard InChI is InChI=1S/C17H17ClN2O3S/c1-20(24(22,23)16-10-4-13(18)5-11-16)15-8-2-12(3-9-15)17(21)19-14-6-7-14/h2-5,8-11,14H,6-7H2,1H3,(H,19,21). The number of hydrogen-bond donors (Lipinski definition) is 1. The van der Waals surface area contributed by atoms with Crippen LogP contribution in [0.1, 0.15) is 23.2 Å². The first-order valence-electron chi connectivity index (χ1n) is 7.53. The van der Waals surface area contributed by atoms with E-state index in [9.17, 15) is 13.2 Å². The lowest BCUT2D eigenvalue weighted by atomic mass is 10.2. The molecule has 0 spiro atoms. The Morgan fingerprint density at radius 2 is 1.67 bits per heavy atom. The molecule has 7 heteroatoms. The maximum absolute atomic E-state index is 12.6. The van der Waals surface area contributed by atoms with E-state index in [1.807, 2.05) is 0 Å². The molecule has 3 rings (SSSR count). The minimum absolute atomic E-state index is 0.132. The predicted molar refractivity (Wildman–Crippen MR) is 94.0 cm³/mol. The van der Waals surface area contributed by atoms with Crippen LogP contribution in [0.4, 0.5) is 5.69 Å². The van der Waals surface area contributed by atoms with Crippen LogP contribution >= 0.6 is 11.6 Å². The highest BCUT2D eigenvalue weighted by Crippen LogP contribution is 2.24. The van der Waals surface area contributed by atoms with Crippen molar-refractivity contribution in [1.29, 1.82) is 0 Å². The summed E-state index contributed by atoms with van der Waals surface area (Å²) in [6, 6.07) is 12.8. The molecular formula is C17H17ClN2O3S. The molecule has 1 saturated carbocycles. The average molecular weight is 365 g/mol. The molecule has 1 aliphatic rings. The van der Waals surface area contributed by atoms with Gasteiger partial charge in [-0.25, -0.2) is 8.42 Å². The van der Waals surface area contributed by atoms with Crippen LogP contribution in [0, 0.1) is 0 Å². The molecule has 1 fully saturated rings. The number of halogens is 1. The zero-order chi connectivity index (χ0) is 17.3. The molecule has 0 aliphatic heterocycles. The summed E-state index contributed by atoms with van der Waals surface area (Å²) in [5, 5.41) is 3.37. The second-order valence-corrected chi connectivity index (χ2v) is 8.13. The lowest BCUT2D eigenvalue weighted by Gasteiger charge is -2.19. The number of sulfonamides is 1. The van der Waals surface area contributed by atoms with Gasteiger partial charge in [0.25, 0.3) is 15.9 Å². The summed E-state index contributed by atoms with van der Waals surface area (Å²) in [7, 11) is -2.20. The monoisotopic (exact) mass is 364 g/mol. The molecule has 0 radical (unpaired) electrons. The molecule has 0 unspecified atom stereocenters. The molecule has 24 heavy (non-hydrogen) atoms. The van der Waals surface area contributed by atoms with E-state index < -0.39 is 10.0 Å². The summed E-state index contributed by atoms with van der Waals surface area (Å²) in [6.45, 7) is 0. The fourth-order valence-corrected chi connectivity index (χ4v) is 3.54. The van der Waals surface area contributed by atoms with E-state index in [0.717, 1.165) is 12.8 Å². The van der Waals surface area contributed by atoms with Crippen LogP contribution in [-0.4, -0.2) is 27.4 Å². The third kappa shape index (κ3) is 3.55. The molecule has 5 nitrogen and oxygen atoms in total. The van der Waals surface area contributed by atoms with Gasteiger partial charge in [0, 0.05) is 23.7 Å². The first-order chi connectivity index (χ1) is 11.4. The van der Waals surface area contributed by atoms with Crippen LogP contribution in [0.25, 0.3) is 0 Å². The first-order valence-corrected chi connectivity index (χ1v) is 9.35. The minimum Gasteiger partial charge on any atom is -0.349 e. The van der Waals surface area contributed by atoms with Gasteiger partial charge in [-0.2, -0.15) is 0 Å². The van der Waals surface area contributed by atoms with Crippen molar-refractivity contribution >= 4 is 33.2 Å². The molecule has 126 valence electrons. The Balaban J connectivity index is 1.79. The van der Waals surface area contributed by atoms with Gasteiger partial charge in [0.2, 0.25) is 0 Å². The van der Waals surface area contributed by atoms with E-state index in [2.05, 4.69) is 5.32 Å². The largest absolute Gasteiger partial charge is 0.349 e. The van der Waals surface area contributed by atoms with Crippen molar-refractivity contribution in [2.45, 2.75) is 23.8 Å². The number of hydrogen-bond acceptors (Lipinski definition) is 3. The molecule has 0 saturated heterocycles. The van der Waals surface area contributed by atoms with E-state index in [0.29, 0.717) is 16.3 Å². The molecule has 0 heterocycles. The Hall–Kier alpha value is -2.05. The van der Waals surface area contributed by atoms with Gasteiger partial charge >= 0.3 is 0 Å². The topological polar surface area (TPSA) is 66.5 Å². The fraction of sp³-hybridized carbons (Fsp3) is 0.235. The average Bonchev–Trinajstić information content (AvgIpc) is 3.38. The second-order valence-electron chi connectivity index (χ2n) is 5.72. The van der Waals surface area contributed by atoms with Crippen molar-refractivity contribution in [3.05, 3.63) is 59.1 Å². The van der Waals surface area contributed by atoms with Gasteiger partial charge in [-0.15, -0.1) is 0 Å². The molecular weight excluding hydrogens is 348 g/mol. The lowest BCUT2D eigenvalue weighted by molar-refractivity contribution is 0.0951. The SMILES string of the molecule is CN(c1ccc(C(=O)NC2CC2)cc1)S(=O)(=O)c1ccc(Cl)cc1.